The molecule has 1 aromatic heterocycles. The Kier molecular flexibility index (Phi) is 5.46. The first-order valence-corrected chi connectivity index (χ1v) is 6.95. The number of ether oxygens (including phenoxy) is 2. The van der Waals surface area contributed by atoms with E-state index in [0.717, 1.165) is 0 Å². The van der Waals surface area contributed by atoms with Gasteiger partial charge in [-0.2, -0.15) is 15.0 Å². The Hall–Kier alpha value is -3.69. The van der Waals surface area contributed by atoms with E-state index in [-0.39, 0.29) is 23.4 Å². The van der Waals surface area contributed by atoms with Gasteiger partial charge in [-0.15, -0.1) is 0 Å². The van der Waals surface area contributed by atoms with Gasteiger partial charge in [-0.1, -0.05) is 12.1 Å². The zero-order valence-electron chi connectivity index (χ0n) is 13.5. The summed E-state index contributed by atoms with van der Waals surface area (Å²) in [5.41, 5.74) is 11.9. The number of nitrogens with two attached hydrogens (primary N) is 2. The van der Waals surface area contributed by atoms with Crippen LogP contribution < -0.4 is 16.8 Å². The number of nitrogens with one attached hydrogen (secondary N) is 1. The quantitative estimate of drug-likeness (QED) is 0.302. The van der Waals surface area contributed by atoms with Crippen molar-refractivity contribution in [3.63, 3.8) is 0 Å². The molecule has 0 aliphatic carbocycles. The van der Waals surface area contributed by atoms with Crippen LogP contribution in [0.4, 0.5) is 23.5 Å². The minimum Gasteiger partial charge on any atom is -0.465 e. The number of hydrogen-bond donors (Lipinski definition) is 3. The SMILES string of the molecule is COC(=O)C(=Cc1cccc(Nc2nc(N)nc(N)n2)c1)C(=O)OC. The predicted octanol–water partition coefficient (Wildman–Crippen LogP) is 0.509. The average molecular weight is 344 g/mol. The molecule has 0 saturated heterocycles. The fourth-order valence-electron chi connectivity index (χ4n) is 1.89. The molecule has 0 bridgehead atoms. The second kappa shape index (κ2) is 7.73. The Morgan fingerprint density at radius 3 is 2.20 bits per heavy atom. The highest BCUT2D eigenvalue weighted by Gasteiger charge is 2.19. The van der Waals surface area contributed by atoms with Crippen LogP contribution in [0, 0.1) is 0 Å². The van der Waals surface area contributed by atoms with Gasteiger partial charge in [-0.25, -0.2) is 9.59 Å². The van der Waals surface area contributed by atoms with Crippen molar-refractivity contribution < 1.29 is 19.1 Å². The van der Waals surface area contributed by atoms with Crippen LogP contribution in [0.3, 0.4) is 0 Å². The number of nitrogen functional groups attached to an aromatic ring is 2. The van der Waals surface area contributed by atoms with Crippen LogP contribution in [0.5, 0.6) is 0 Å². The predicted molar refractivity (Wildman–Crippen MR) is 90.4 cm³/mol. The normalized spacial score (nSPS) is 9.84. The second-order valence-corrected chi connectivity index (χ2v) is 4.67. The van der Waals surface area contributed by atoms with Gasteiger partial charge in [0, 0.05) is 5.69 Å². The molecule has 0 fully saturated rings. The lowest BCUT2D eigenvalue weighted by Gasteiger charge is -2.07. The molecule has 0 aliphatic rings. The third-order valence-corrected chi connectivity index (χ3v) is 2.93. The van der Waals surface area contributed by atoms with E-state index in [9.17, 15) is 9.59 Å². The number of esters is 2. The number of aromatic nitrogens is 3. The van der Waals surface area contributed by atoms with Crippen LogP contribution >= 0.6 is 0 Å². The van der Waals surface area contributed by atoms with Crippen LogP contribution in [-0.4, -0.2) is 41.1 Å². The van der Waals surface area contributed by atoms with Gasteiger partial charge in [0.2, 0.25) is 17.8 Å². The summed E-state index contributed by atoms with van der Waals surface area (Å²) in [6.07, 6.45) is 1.35. The Labute approximate surface area is 142 Å². The number of nitrogens with zero attached hydrogens (tertiary/aromatic N) is 3. The average Bonchev–Trinajstić information content (AvgIpc) is 2.57. The lowest BCUT2D eigenvalue weighted by molar-refractivity contribution is -0.143. The summed E-state index contributed by atoms with van der Waals surface area (Å²) in [5, 5.41) is 2.90. The zero-order chi connectivity index (χ0) is 18.4. The molecular weight excluding hydrogens is 328 g/mol. The number of anilines is 4. The van der Waals surface area contributed by atoms with Crippen molar-refractivity contribution in [3.05, 3.63) is 35.4 Å². The topological polar surface area (TPSA) is 155 Å². The molecule has 2 aromatic rings. The third kappa shape index (κ3) is 4.64. The molecule has 0 spiro atoms. The molecule has 0 unspecified atom stereocenters. The van der Waals surface area contributed by atoms with Crippen molar-refractivity contribution in [1.29, 1.82) is 0 Å². The van der Waals surface area contributed by atoms with E-state index in [1.807, 2.05) is 0 Å². The van der Waals surface area contributed by atoms with Gasteiger partial charge in [0.15, 0.2) is 0 Å². The molecule has 5 N–H and O–H groups in total. The van der Waals surface area contributed by atoms with Crippen molar-refractivity contribution in [1.82, 2.24) is 15.0 Å². The lowest BCUT2D eigenvalue weighted by Crippen LogP contribution is -2.15. The van der Waals surface area contributed by atoms with Gasteiger partial charge < -0.3 is 26.3 Å². The number of rotatable bonds is 5. The van der Waals surface area contributed by atoms with Crippen molar-refractivity contribution in [3.8, 4) is 0 Å². The largest absolute Gasteiger partial charge is 0.465 e. The van der Waals surface area contributed by atoms with Crippen molar-refractivity contribution in [2.24, 2.45) is 0 Å². The van der Waals surface area contributed by atoms with E-state index in [0.29, 0.717) is 11.3 Å². The first-order valence-electron chi connectivity index (χ1n) is 6.95. The molecule has 25 heavy (non-hydrogen) atoms. The Morgan fingerprint density at radius 1 is 1.04 bits per heavy atom. The number of benzene rings is 1. The summed E-state index contributed by atoms with van der Waals surface area (Å²) in [6.45, 7) is 0. The van der Waals surface area contributed by atoms with E-state index in [1.165, 1.54) is 20.3 Å². The van der Waals surface area contributed by atoms with Gasteiger partial charge in [0.1, 0.15) is 5.57 Å². The fraction of sp³-hybridized carbons (Fsp3) is 0.133. The van der Waals surface area contributed by atoms with Gasteiger partial charge >= 0.3 is 11.9 Å². The van der Waals surface area contributed by atoms with Crippen LogP contribution in [0.15, 0.2) is 29.8 Å². The highest BCUT2D eigenvalue weighted by Crippen LogP contribution is 2.18. The number of carbonyl (C=O) groups excluding carboxylic acids is 2. The number of methoxy groups -OCH3 is 2. The van der Waals surface area contributed by atoms with E-state index in [4.69, 9.17) is 11.5 Å². The minimum absolute atomic E-state index is 0.0234. The maximum atomic E-state index is 11.7. The van der Waals surface area contributed by atoms with Crippen molar-refractivity contribution in [2.45, 2.75) is 0 Å². The molecule has 2 rings (SSSR count). The summed E-state index contributed by atoms with van der Waals surface area (Å²) in [5.74, 6) is -1.49. The standard InChI is InChI=1S/C15H16N6O4/c1-24-11(22)10(12(23)25-2)7-8-4-3-5-9(6-8)18-15-20-13(16)19-14(17)21-15/h3-7H,1-2H3,(H5,16,17,18,19,20,21). The van der Waals surface area contributed by atoms with E-state index >= 15 is 0 Å². The third-order valence-electron chi connectivity index (χ3n) is 2.93. The molecule has 0 saturated carbocycles. The van der Waals surface area contributed by atoms with Gasteiger partial charge in [-0.05, 0) is 23.8 Å². The Bertz CT molecular complexity index is 798. The second-order valence-electron chi connectivity index (χ2n) is 4.67. The van der Waals surface area contributed by atoms with E-state index in [2.05, 4.69) is 29.7 Å². The Morgan fingerprint density at radius 2 is 1.64 bits per heavy atom. The summed E-state index contributed by atoms with van der Waals surface area (Å²) in [7, 11) is 2.35. The Balaban J connectivity index is 2.32. The molecule has 130 valence electrons. The van der Waals surface area contributed by atoms with Crippen LogP contribution in [0.25, 0.3) is 6.08 Å². The molecule has 0 amide bonds. The summed E-state index contributed by atoms with van der Waals surface area (Å²) < 4.78 is 9.16. The molecular formula is C15H16N6O4. The van der Waals surface area contributed by atoms with Gasteiger partial charge in [0.05, 0.1) is 14.2 Å². The molecule has 1 aromatic carbocycles. The summed E-state index contributed by atoms with van der Waals surface area (Å²) in [4.78, 5) is 34.9. The van der Waals surface area contributed by atoms with E-state index < -0.39 is 11.9 Å². The smallest absolute Gasteiger partial charge is 0.345 e. The van der Waals surface area contributed by atoms with Crippen LogP contribution in [0.2, 0.25) is 0 Å². The highest BCUT2D eigenvalue weighted by molar-refractivity contribution is 6.17. The fourth-order valence-corrected chi connectivity index (χ4v) is 1.89. The van der Waals surface area contributed by atoms with Crippen molar-refractivity contribution in [2.75, 3.05) is 31.0 Å². The first kappa shape index (κ1) is 17.7. The van der Waals surface area contributed by atoms with Crippen molar-refractivity contribution >= 4 is 41.5 Å². The highest BCUT2D eigenvalue weighted by atomic mass is 16.5. The lowest BCUT2D eigenvalue weighted by atomic mass is 10.1. The molecule has 0 radical (unpaired) electrons. The zero-order valence-corrected chi connectivity index (χ0v) is 13.5. The van der Waals surface area contributed by atoms with Crippen LogP contribution in [0.1, 0.15) is 5.56 Å². The summed E-state index contributed by atoms with van der Waals surface area (Å²) in [6, 6.07) is 6.77. The maximum absolute atomic E-state index is 11.7. The molecule has 10 nitrogen and oxygen atoms in total. The minimum atomic E-state index is -0.803. The molecule has 0 atom stereocenters. The number of carbonyl (C=O) groups is 2. The van der Waals surface area contributed by atoms with Crippen LogP contribution in [-0.2, 0) is 19.1 Å². The molecule has 1 heterocycles. The van der Waals surface area contributed by atoms with Gasteiger partial charge in [0.25, 0.3) is 0 Å². The van der Waals surface area contributed by atoms with Gasteiger partial charge in [-0.3, -0.25) is 0 Å². The molecule has 10 heteroatoms. The monoisotopic (exact) mass is 344 g/mol. The number of hydrogen-bond acceptors (Lipinski definition) is 10. The molecule has 0 aliphatic heterocycles. The first-order chi connectivity index (χ1) is 11.9. The van der Waals surface area contributed by atoms with E-state index in [1.54, 1.807) is 24.3 Å². The maximum Gasteiger partial charge on any atom is 0.345 e. The summed E-state index contributed by atoms with van der Waals surface area (Å²) >= 11 is 0.